The summed E-state index contributed by atoms with van der Waals surface area (Å²) < 4.78 is 0. The number of nitrogens with two attached hydrogens (primary N) is 1. The maximum atomic E-state index is 8.04. The summed E-state index contributed by atoms with van der Waals surface area (Å²) in [6.45, 7) is 2.21. The van der Waals surface area contributed by atoms with Gasteiger partial charge in [0, 0.05) is 26.1 Å². The highest BCUT2D eigenvalue weighted by Crippen LogP contribution is 1.66. The molecular weight excluding hydrogens is 102 g/mol. The molecule has 0 aliphatic carbocycles. The molecule has 0 bridgehead atoms. The van der Waals surface area contributed by atoms with E-state index in [2.05, 4.69) is 5.32 Å². The van der Waals surface area contributed by atoms with Crippen molar-refractivity contribution in [3.8, 4) is 6.07 Å². The Hall–Kier alpha value is -0.590. The molecule has 0 saturated carbocycles. The second-order valence-corrected chi connectivity index (χ2v) is 1.45. The van der Waals surface area contributed by atoms with Gasteiger partial charge in [-0.05, 0) is 0 Å². The minimum atomic E-state index is 0.569. The first-order valence-electron chi connectivity index (χ1n) is 2.69. The lowest BCUT2D eigenvalue weighted by Gasteiger charge is -1.94. The van der Waals surface area contributed by atoms with Crippen LogP contribution in [-0.4, -0.2) is 19.6 Å². The lowest BCUT2D eigenvalue weighted by atomic mass is 10.4. The molecule has 0 saturated heterocycles. The summed E-state index contributed by atoms with van der Waals surface area (Å²) in [5.74, 6) is 0. The highest BCUT2D eigenvalue weighted by Gasteiger charge is 1.80. The third-order valence-electron chi connectivity index (χ3n) is 0.735. The number of nitriles is 1. The quantitative estimate of drug-likeness (QED) is 0.481. The van der Waals surface area contributed by atoms with Gasteiger partial charge in [0.2, 0.25) is 0 Å². The zero-order valence-corrected chi connectivity index (χ0v) is 4.85. The van der Waals surface area contributed by atoms with E-state index in [-0.39, 0.29) is 0 Å². The first-order valence-corrected chi connectivity index (χ1v) is 2.69. The number of hydrogen-bond donors (Lipinski definition) is 2. The zero-order valence-electron chi connectivity index (χ0n) is 4.85. The first kappa shape index (κ1) is 7.41. The van der Waals surface area contributed by atoms with Gasteiger partial charge in [0.25, 0.3) is 0 Å². The van der Waals surface area contributed by atoms with Crippen molar-refractivity contribution in [2.75, 3.05) is 19.6 Å². The Morgan fingerprint density at radius 3 is 2.75 bits per heavy atom. The SMILES string of the molecule is N#CCCNCCN. The van der Waals surface area contributed by atoms with Crippen LogP contribution in [0, 0.1) is 11.3 Å². The molecule has 0 aliphatic rings. The van der Waals surface area contributed by atoms with Crippen LogP contribution in [0.2, 0.25) is 0 Å². The fraction of sp³-hybridized carbons (Fsp3) is 0.800. The van der Waals surface area contributed by atoms with E-state index in [1.165, 1.54) is 0 Å². The van der Waals surface area contributed by atoms with Crippen LogP contribution >= 0.6 is 0 Å². The molecule has 0 aromatic carbocycles. The van der Waals surface area contributed by atoms with Gasteiger partial charge < -0.3 is 11.1 Å². The van der Waals surface area contributed by atoms with Crippen molar-refractivity contribution in [2.24, 2.45) is 5.73 Å². The van der Waals surface area contributed by atoms with Crippen molar-refractivity contribution in [1.82, 2.24) is 5.32 Å². The molecule has 0 atom stereocenters. The maximum absolute atomic E-state index is 8.04. The van der Waals surface area contributed by atoms with Crippen LogP contribution in [0.25, 0.3) is 0 Å². The van der Waals surface area contributed by atoms with Crippen molar-refractivity contribution in [3.63, 3.8) is 0 Å². The largest absolute Gasteiger partial charge is 0.329 e. The molecule has 0 fully saturated rings. The Balaban J connectivity index is 2.65. The van der Waals surface area contributed by atoms with E-state index in [4.69, 9.17) is 11.0 Å². The summed E-state index contributed by atoms with van der Waals surface area (Å²) in [5.41, 5.74) is 5.17. The van der Waals surface area contributed by atoms with E-state index in [1.54, 1.807) is 0 Å². The van der Waals surface area contributed by atoms with Gasteiger partial charge in [-0.15, -0.1) is 0 Å². The topological polar surface area (TPSA) is 61.8 Å². The fourth-order valence-electron chi connectivity index (χ4n) is 0.371. The van der Waals surface area contributed by atoms with Gasteiger partial charge in [-0.2, -0.15) is 5.26 Å². The Bertz CT molecular complexity index is 74.2. The number of nitrogens with one attached hydrogen (secondary N) is 1. The number of rotatable bonds is 4. The Labute approximate surface area is 49.5 Å². The van der Waals surface area contributed by atoms with Gasteiger partial charge >= 0.3 is 0 Å². The van der Waals surface area contributed by atoms with Crippen molar-refractivity contribution in [3.05, 3.63) is 0 Å². The van der Waals surface area contributed by atoms with E-state index >= 15 is 0 Å². The fourth-order valence-corrected chi connectivity index (χ4v) is 0.371. The molecule has 8 heavy (non-hydrogen) atoms. The molecule has 0 rings (SSSR count). The normalized spacial score (nSPS) is 8.50. The Morgan fingerprint density at radius 1 is 1.50 bits per heavy atom. The highest BCUT2D eigenvalue weighted by atomic mass is 14.9. The molecule has 0 aliphatic heterocycles. The van der Waals surface area contributed by atoms with E-state index in [0.717, 1.165) is 13.1 Å². The van der Waals surface area contributed by atoms with Crippen LogP contribution in [0.4, 0.5) is 0 Å². The van der Waals surface area contributed by atoms with Gasteiger partial charge in [0.05, 0.1) is 6.07 Å². The molecule has 0 radical (unpaired) electrons. The van der Waals surface area contributed by atoms with Crippen LogP contribution in [0.15, 0.2) is 0 Å². The second kappa shape index (κ2) is 6.41. The smallest absolute Gasteiger partial charge is 0.0635 e. The monoisotopic (exact) mass is 113 g/mol. The van der Waals surface area contributed by atoms with Crippen LogP contribution in [-0.2, 0) is 0 Å². The van der Waals surface area contributed by atoms with Crippen molar-refractivity contribution in [2.45, 2.75) is 6.42 Å². The molecule has 46 valence electrons. The van der Waals surface area contributed by atoms with E-state index in [0.29, 0.717) is 13.0 Å². The second-order valence-electron chi connectivity index (χ2n) is 1.45. The predicted molar refractivity (Wildman–Crippen MR) is 32.2 cm³/mol. The summed E-state index contributed by atoms with van der Waals surface area (Å²) in [6.07, 6.45) is 0.569. The van der Waals surface area contributed by atoms with Gasteiger partial charge in [-0.1, -0.05) is 0 Å². The lowest BCUT2D eigenvalue weighted by molar-refractivity contribution is 0.700. The Kier molecular flexibility index (Phi) is 5.94. The van der Waals surface area contributed by atoms with Crippen LogP contribution in [0.5, 0.6) is 0 Å². The average molecular weight is 113 g/mol. The van der Waals surface area contributed by atoms with Crippen molar-refractivity contribution in [1.29, 1.82) is 5.26 Å². The maximum Gasteiger partial charge on any atom is 0.0635 e. The average Bonchev–Trinajstić information content (AvgIpc) is 1.81. The van der Waals surface area contributed by atoms with E-state index in [1.807, 2.05) is 6.07 Å². The molecule has 3 heteroatoms. The third kappa shape index (κ3) is 5.41. The molecule has 0 aromatic heterocycles. The minimum Gasteiger partial charge on any atom is -0.329 e. The molecule has 0 unspecified atom stereocenters. The Morgan fingerprint density at radius 2 is 2.25 bits per heavy atom. The summed E-state index contributed by atoms with van der Waals surface area (Å²) in [7, 11) is 0. The number of hydrogen-bond acceptors (Lipinski definition) is 3. The van der Waals surface area contributed by atoms with Crippen molar-refractivity contribution < 1.29 is 0 Å². The predicted octanol–water partition coefficient (Wildman–Crippen LogP) is -0.552. The number of nitrogens with zero attached hydrogens (tertiary/aromatic N) is 1. The standard InChI is InChI=1S/C5H11N3/c6-2-1-4-8-5-3-7/h8H,1,3-5,7H2. The van der Waals surface area contributed by atoms with Gasteiger partial charge in [-0.3, -0.25) is 0 Å². The van der Waals surface area contributed by atoms with Crippen LogP contribution in [0.3, 0.4) is 0 Å². The molecule has 0 amide bonds. The highest BCUT2D eigenvalue weighted by molar-refractivity contribution is 4.69. The minimum absolute atomic E-state index is 0.569. The summed E-state index contributed by atoms with van der Waals surface area (Å²) in [4.78, 5) is 0. The lowest BCUT2D eigenvalue weighted by Crippen LogP contribution is -2.22. The molecule has 0 aromatic rings. The molecule has 3 nitrogen and oxygen atoms in total. The third-order valence-corrected chi connectivity index (χ3v) is 0.735. The first-order chi connectivity index (χ1) is 3.91. The molecule has 0 spiro atoms. The van der Waals surface area contributed by atoms with Crippen LogP contribution < -0.4 is 11.1 Å². The molecule has 0 heterocycles. The van der Waals surface area contributed by atoms with Gasteiger partial charge in [0.1, 0.15) is 0 Å². The molecule has 3 N–H and O–H groups in total. The summed E-state index contributed by atoms with van der Waals surface area (Å²) in [5, 5.41) is 11.0. The van der Waals surface area contributed by atoms with Crippen LogP contribution in [0.1, 0.15) is 6.42 Å². The summed E-state index contributed by atoms with van der Waals surface area (Å²) >= 11 is 0. The van der Waals surface area contributed by atoms with E-state index in [9.17, 15) is 0 Å². The zero-order chi connectivity index (χ0) is 6.24. The van der Waals surface area contributed by atoms with Gasteiger partial charge in [-0.25, -0.2) is 0 Å². The summed E-state index contributed by atoms with van der Waals surface area (Å²) in [6, 6.07) is 2.02. The van der Waals surface area contributed by atoms with Gasteiger partial charge in [0.15, 0.2) is 0 Å². The van der Waals surface area contributed by atoms with Crippen molar-refractivity contribution >= 4 is 0 Å². The van der Waals surface area contributed by atoms with E-state index < -0.39 is 0 Å². The molecular formula is C5H11N3.